The van der Waals surface area contributed by atoms with Gasteiger partial charge in [-0.15, -0.1) is 0 Å². The van der Waals surface area contributed by atoms with Crippen molar-refractivity contribution in [1.82, 2.24) is 10.2 Å². The molecule has 1 aliphatic heterocycles. The van der Waals surface area contributed by atoms with Crippen molar-refractivity contribution < 1.29 is 9.90 Å². The van der Waals surface area contributed by atoms with Crippen LogP contribution in [-0.4, -0.2) is 47.2 Å². The average molecular weight is 268 g/mol. The summed E-state index contributed by atoms with van der Waals surface area (Å²) in [6.45, 7) is 7.32. The quantitative estimate of drug-likeness (QED) is 0.774. The number of hydrogen-bond acceptors (Lipinski definition) is 3. The second-order valence-electron chi connectivity index (χ2n) is 6.25. The van der Waals surface area contributed by atoms with E-state index in [1.807, 2.05) is 6.92 Å². The summed E-state index contributed by atoms with van der Waals surface area (Å²) in [5.74, 6) is 0.171. The Morgan fingerprint density at radius 2 is 2.21 bits per heavy atom. The van der Waals surface area contributed by atoms with Crippen molar-refractivity contribution in [2.75, 3.05) is 19.6 Å². The molecule has 0 aromatic rings. The molecule has 0 aromatic carbocycles. The van der Waals surface area contributed by atoms with E-state index in [-0.39, 0.29) is 0 Å². The van der Waals surface area contributed by atoms with E-state index in [4.69, 9.17) is 0 Å². The lowest BCUT2D eigenvalue weighted by molar-refractivity contribution is -0.144. The molecular formula is C15H28N2O2. The Bertz CT molecular complexity index is 321. The van der Waals surface area contributed by atoms with E-state index in [9.17, 15) is 9.90 Å². The monoisotopic (exact) mass is 268 g/mol. The number of likely N-dealkylation sites (tertiary alicyclic amines) is 1. The normalized spacial score (nSPS) is 35.9. The molecule has 3 atom stereocenters. The summed E-state index contributed by atoms with van der Waals surface area (Å²) in [5.41, 5.74) is -0.664. The maximum atomic E-state index is 11.6. The van der Waals surface area contributed by atoms with Crippen LogP contribution in [0.1, 0.15) is 52.4 Å². The third kappa shape index (κ3) is 3.11. The molecule has 110 valence electrons. The van der Waals surface area contributed by atoms with Gasteiger partial charge in [0.05, 0.1) is 0 Å². The van der Waals surface area contributed by atoms with Gasteiger partial charge in [-0.3, -0.25) is 4.79 Å². The van der Waals surface area contributed by atoms with Crippen molar-refractivity contribution in [3.8, 4) is 0 Å². The van der Waals surface area contributed by atoms with Gasteiger partial charge in [0.25, 0.3) is 0 Å². The van der Waals surface area contributed by atoms with Crippen LogP contribution in [0.4, 0.5) is 0 Å². The highest BCUT2D eigenvalue weighted by Gasteiger charge is 2.47. The number of nitrogens with zero attached hydrogens (tertiary/aromatic N) is 1. The second kappa shape index (κ2) is 6.23. The topological polar surface area (TPSA) is 52.6 Å². The van der Waals surface area contributed by atoms with E-state index in [0.29, 0.717) is 6.04 Å². The minimum atomic E-state index is -0.666. The summed E-state index contributed by atoms with van der Waals surface area (Å²) in [4.78, 5) is 14.1. The van der Waals surface area contributed by atoms with Crippen LogP contribution in [0.2, 0.25) is 0 Å². The Kier molecular flexibility index (Phi) is 4.85. The molecule has 0 spiro atoms. The van der Waals surface area contributed by atoms with Crippen molar-refractivity contribution in [3.05, 3.63) is 0 Å². The van der Waals surface area contributed by atoms with E-state index in [1.54, 1.807) is 0 Å². The minimum Gasteiger partial charge on any atom is -0.480 e. The Morgan fingerprint density at radius 1 is 1.42 bits per heavy atom. The molecule has 1 saturated heterocycles. The standard InChI is InChI=1S/C15H28N2O2/c1-3-5-12-7-9-17(11-12)13-6-8-15(10-13,14(18)19)16-4-2/h12-13,16H,3-11H2,1-2H3,(H,18,19). The Labute approximate surface area is 116 Å². The van der Waals surface area contributed by atoms with Crippen LogP contribution in [0.25, 0.3) is 0 Å². The van der Waals surface area contributed by atoms with E-state index in [0.717, 1.165) is 38.3 Å². The molecule has 1 aliphatic carbocycles. The molecular weight excluding hydrogens is 240 g/mol. The SMILES string of the molecule is CCCC1CCN(C2CCC(NCC)(C(=O)O)C2)C1. The lowest BCUT2D eigenvalue weighted by atomic mass is 9.97. The van der Waals surface area contributed by atoms with Gasteiger partial charge >= 0.3 is 5.97 Å². The summed E-state index contributed by atoms with van der Waals surface area (Å²) in [6, 6.07) is 0.469. The molecule has 2 fully saturated rings. The first-order valence-electron chi connectivity index (χ1n) is 7.83. The number of likely N-dealkylation sites (N-methyl/N-ethyl adjacent to an activating group) is 1. The fraction of sp³-hybridized carbons (Fsp3) is 0.933. The van der Waals surface area contributed by atoms with Gasteiger partial charge in [-0.05, 0) is 51.1 Å². The molecule has 3 unspecified atom stereocenters. The zero-order valence-electron chi connectivity index (χ0n) is 12.3. The first kappa shape index (κ1) is 14.8. The number of aliphatic carboxylic acids is 1. The van der Waals surface area contributed by atoms with Crippen molar-refractivity contribution in [2.45, 2.75) is 64.0 Å². The van der Waals surface area contributed by atoms with Crippen LogP contribution < -0.4 is 5.32 Å². The van der Waals surface area contributed by atoms with Crippen LogP contribution in [0.5, 0.6) is 0 Å². The van der Waals surface area contributed by atoms with Crippen molar-refractivity contribution in [2.24, 2.45) is 5.92 Å². The van der Waals surface area contributed by atoms with Crippen LogP contribution in [-0.2, 0) is 4.79 Å². The molecule has 0 amide bonds. The van der Waals surface area contributed by atoms with Gasteiger partial charge in [-0.25, -0.2) is 0 Å². The fourth-order valence-electron chi connectivity index (χ4n) is 3.94. The summed E-state index contributed by atoms with van der Waals surface area (Å²) in [6.07, 6.45) is 6.45. The molecule has 0 aromatic heterocycles. The van der Waals surface area contributed by atoms with Gasteiger partial charge in [-0.2, -0.15) is 0 Å². The Morgan fingerprint density at radius 3 is 2.84 bits per heavy atom. The Balaban J connectivity index is 1.92. The van der Waals surface area contributed by atoms with Crippen LogP contribution in [0, 0.1) is 5.92 Å². The zero-order valence-corrected chi connectivity index (χ0v) is 12.3. The van der Waals surface area contributed by atoms with Crippen molar-refractivity contribution >= 4 is 5.97 Å². The third-order valence-electron chi connectivity index (χ3n) is 4.94. The molecule has 1 heterocycles. The predicted molar refractivity (Wildman–Crippen MR) is 76.3 cm³/mol. The zero-order chi connectivity index (χ0) is 13.9. The number of carbonyl (C=O) groups is 1. The fourth-order valence-corrected chi connectivity index (χ4v) is 3.94. The summed E-state index contributed by atoms with van der Waals surface area (Å²) in [5, 5.41) is 12.7. The third-order valence-corrected chi connectivity index (χ3v) is 4.94. The smallest absolute Gasteiger partial charge is 0.323 e. The maximum absolute atomic E-state index is 11.6. The highest BCUT2D eigenvalue weighted by molar-refractivity contribution is 5.79. The molecule has 2 N–H and O–H groups in total. The molecule has 19 heavy (non-hydrogen) atoms. The first-order chi connectivity index (χ1) is 9.11. The predicted octanol–water partition coefficient (Wildman–Crippen LogP) is 2.09. The molecule has 2 aliphatic rings. The molecule has 4 nitrogen and oxygen atoms in total. The average Bonchev–Trinajstić information content (AvgIpc) is 2.97. The molecule has 4 heteroatoms. The first-order valence-corrected chi connectivity index (χ1v) is 7.83. The van der Waals surface area contributed by atoms with Gasteiger partial charge in [0.1, 0.15) is 5.54 Å². The number of hydrogen-bond donors (Lipinski definition) is 2. The summed E-state index contributed by atoms with van der Waals surface area (Å²) < 4.78 is 0. The second-order valence-corrected chi connectivity index (χ2v) is 6.25. The van der Waals surface area contributed by atoms with Crippen molar-refractivity contribution in [3.63, 3.8) is 0 Å². The van der Waals surface area contributed by atoms with Crippen LogP contribution >= 0.6 is 0 Å². The van der Waals surface area contributed by atoms with Crippen LogP contribution in [0.15, 0.2) is 0 Å². The number of nitrogens with one attached hydrogen (secondary N) is 1. The van der Waals surface area contributed by atoms with E-state index in [2.05, 4.69) is 17.1 Å². The van der Waals surface area contributed by atoms with Gasteiger partial charge in [0, 0.05) is 12.6 Å². The highest BCUT2D eigenvalue weighted by Crippen LogP contribution is 2.36. The summed E-state index contributed by atoms with van der Waals surface area (Å²) in [7, 11) is 0. The molecule has 0 radical (unpaired) electrons. The maximum Gasteiger partial charge on any atom is 0.323 e. The van der Waals surface area contributed by atoms with Crippen molar-refractivity contribution in [1.29, 1.82) is 0 Å². The van der Waals surface area contributed by atoms with E-state index in [1.165, 1.54) is 25.8 Å². The largest absolute Gasteiger partial charge is 0.480 e. The van der Waals surface area contributed by atoms with Crippen LogP contribution in [0.3, 0.4) is 0 Å². The summed E-state index contributed by atoms with van der Waals surface area (Å²) >= 11 is 0. The Hall–Kier alpha value is -0.610. The molecule has 2 rings (SSSR count). The van der Waals surface area contributed by atoms with Gasteiger partial charge in [-0.1, -0.05) is 20.3 Å². The number of carboxylic acid groups (broad SMARTS) is 1. The van der Waals surface area contributed by atoms with E-state index >= 15 is 0 Å². The molecule has 0 bridgehead atoms. The lowest BCUT2D eigenvalue weighted by Gasteiger charge is -2.28. The minimum absolute atomic E-state index is 0.469. The van der Waals surface area contributed by atoms with Gasteiger partial charge < -0.3 is 15.3 Å². The van der Waals surface area contributed by atoms with Gasteiger partial charge in [0.15, 0.2) is 0 Å². The lowest BCUT2D eigenvalue weighted by Crippen LogP contribution is -2.51. The molecule has 1 saturated carbocycles. The number of carboxylic acids is 1. The number of rotatable bonds is 6. The highest BCUT2D eigenvalue weighted by atomic mass is 16.4. The van der Waals surface area contributed by atoms with Gasteiger partial charge in [0.2, 0.25) is 0 Å². The van der Waals surface area contributed by atoms with E-state index < -0.39 is 11.5 Å².